The van der Waals surface area contributed by atoms with Crippen molar-refractivity contribution in [3.8, 4) is 11.5 Å². The summed E-state index contributed by atoms with van der Waals surface area (Å²) < 4.78 is 16.5. The standard InChI is InChI=1S/C22H28N2O4/c1-26-19-9-5-10-20(15-19)28-17-22(25)23-11-6-12-24-13-14-27-21(16-24)18-7-3-2-4-8-18/h2-5,7-10,15,21H,6,11-14,16-17H2,1H3,(H,23,25)/t21-/m0/s1. The van der Waals surface area contributed by atoms with Crippen LogP contribution in [0.1, 0.15) is 18.1 Å². The normalized spacial score (nSPS) is 17.1. The van der Waals surface area contributed by atoms with Crippen molar-refractivity contribution in [2.24, 2.45) is 0 Å². The summed E-state index contributed by atoms with van der Waals surface area (Å²) in [5, 5.41) is 2.91. The Balaban J connectivity index is 1.32. The number of morpholine rings is 1. The van der Waals surface area contributed by atoms with E-state index in [-0.39, 0.29) is 18.6 Å². The lowest BCUT2D eigenvalue weighted by Crippen LogP contribution is -2.40. The molecule has 2 aromatic rings. The summed E-state index contributed by atoms with van der Waals surface area (Å²) in [6.45, 7) is 4.12. The van der Waals surface area contributed by atoms with Crippen molar-refractivity contribution < 1.29 is 19.0 Å². The predicted octanol–water partition coefficient (Wildman–Crippen LogP) is 2.65. The minimum absolute atomic E-state index is 0.000797. The quantitative estimate of drug-likeness (QED) is 0.674. The van der Waals surface area contributed by atoms with Crippen LogP contribution in [0.2, 0.25) is 0 Å². The Bertz CT molecular complexity index is 738. The molecule has 0 aliphatic carbocycles. The van der Waals surface area contributed by atoms with E-state index in [1.165, 1.54) is 5.56 Å². The van der Waals surface area contributed by atoms with Gasteiger partial charge in [-0.05, 0) is 24.1 Å². The number of benzene rings is 2. The van der Waals surface area contributed by atoms with Crippen molar-refractivity contribution in [2.75, 3.05) is 46.5 Å². The topological polar surface area (TPSA) is 60.0 Å². The lowest BCUT2D eigenvalue weighted by Gasteiger charge is -2.33. The highest BCUT2D eigenvalue weighted by atomic mass is 16.5. The third-order valence-corrected chi connectivity index (χ3v) is 4.71. The van der Waals surface area contributed by atoms with E-state index in [0.29, 0.717) is 18.0 Å². The molecule has 28 heavy (non-hydrogen) atoms. The minimum Gasteiger partial charge on any atom is -0.497 e. The zero-order valence-corrected chi connectivity index (χ0v) is 16.3. The molecule has 6 nitrogen and oxygen atoms in total. The number of methoxy groups -OCH3 is 1. The van der Waals surface area contributed by atoms with Crippen LogP contribution in [-0.2, 0) is 9.53 Å². The molecule has 1 amide bonds. The summed E-state index contributed by atoms with van der Waals surface area (Å²) in [5.41, 5.74) is 1.22. The Morgan fingerprint density at radius 1 is 1.18 bits per heavy atom. The number of amides is 1. The molecular weight excluding hydrogens is 356 g/mol. The van der Waals surface area contributed by atoms with Gasteiger partial charge in [0.1, 0.15) is 11.5 Å². The highest BCUT2D eigenvalue weighted by Crippen LogP contribution is 2.22. The van der Waals surface area contributed by atoms with E-state index >= 15 is 0 Å². The second-order valence-corrected chi connectivity index (χ2v) is 6.74. The average molecular weight is 384 g/mol. The van der Waals surface area contributed by atoms with Crippen LogP contribution in [0.5, 0.6) is 11.5 Å². The van der Waals surface area contributed by atoms with Gasteiger partial charge in [0.2, 0.25) is 0 Å². The third-order valence-electron chi connectivity index (χ3n) is 4.71. The molecule has 6 heteroatoms. The molecule has 1 atom stereocenters. The van der Waals surface area contributed by atoms with Crippen LogP contribution in [0.15, 0.2) is 54.6 Å². The van der Waals surface area contributed by atoms with E-state index in [4.69, 9.17) is 14.2 Å². The van der Waals surface area contributed by atoms with Crippen molar-refractivity contribution in [1.82, 2.24) is 10.2 Å². The fourth-order valence-electron chi connectivity index (χ4n) is 3.20. The van der Waals surface area contributed by atoms with Crippen molar-refractivity contribution in [3.05, 3.63) is 60.2 Å². The van der Waals surface area contributed by atoms with Crippen molar-refractivity contribution >= 4 is 5.91 Å². The Hall–Kier alpha value is -2.57. The Kier molecular flexibility index (Phi) is 7.70. The molecule has 0 spiro atoms. The number of hydrogen-bond donors (Lipinski definition) is 1. The molecule has 1 N–H and O–H groups in total. The molecule has 1 heterocycles. The van der Waals surface area contributed by atoms with Gasteiger partial charge in [-0.2, -0.15) is 0 Å². The molecule has 0 unspecified atom stereocenters. The van der Waals surface area contributed by atoms with Crippen molar-refractivity contribution in [3.63, 3.8) is 0 Å². The Morgan fingerprint density at radius 3 is 2.82 bits per heavy atom. The van der Waals surface area contributed by atoms with Crippen LogP contribution in [0.25, 0.3) is 0 Å². The number of nitrogens with zero attached hydrogens (tertiary/aromatic N) is 1. The van der Waals surface area contributed by atoms with Gasteiger partial charge in [0.25, 0.3) is 5.91 Å². The number of hydrogen-bond acceptors (Lipinski definition) is 5. The van der Waals surface area contributed by atoms with Gasteiger partial charge in [-0.15, -0.1) is 0 Å². The van der Waals surface area contributed by atoms with E-state index in [1.807, 2.05) is 30.3 Å². The van der Waals surface area contributed by atoms with Crippen molar-refractivity contribution in [1.29, 1.82) is 0 Å². The zero-order valence-electron chi connectivity index (χ0n) is 16.3. The number of nitrogens with one attached hydrogen (secondary N) is 1. The second kappa shape index (κ2) is 10.7. The van der Waals surface area contributed by atoms with E-state index < -0.39 is 0 Å². The van der Waals surface area contributed by atoms with Gasteiger partial charge in [0.15, 0.2) is 6.61 Å². The van der Waals surface area contributed by atoms with Gasteiger partial charge in [0, 0.05) is 32.2 Å². The summed E-state index contributed by atoms with van der Waals surface area (Å²) in [6, 6.07) is 17.5. The molecule has 3 rings (SSSR count). The minimum atomic E-state index is -0.119. The maximum atomic E-state index is 12.0. The lowest BCUT2D eigenvalue weighted by atomic mass is 10.1. The monoisotopic (exact) mass is 384 g/mol. The third kappa shape index (κ3) is 6.25. The van der Waals surface area contributed by atoms with E-state index in [0.717, 1.165) is 32.7 Å². The van der Waals surface area contributed by atoms with E-state index in [1.54, 1.807) is 19.2 Å². The summed E-state index contributed by atoms with van der Waals surface area (Å²) in [7, 11) is 1.60. The first-order chi connectivity index (χ1) is 13.7. The molecule has 1 saturated heterocycles. The van der Waals surface area contributed by atoms with Gasteiger partial charge in [0.05, 0.1) is 19.8 Å². The number of carbonyl (C=O) groups is 1. The van der Waals surface area contributed by atoms with Crippen LogP contribution in [0, 0.1) is 0 Å². The van der Waals surface area contributed by atoms with Crippen LogP contribution in [0.4, 0.5) is 0 Å². The van der Waals surface area contributed by atoms with Crippen LogP contribution in [-0.4, -0.2) is 57.3 Å². The first-order valence-corrected chi connectivity index (χ1v) is 9.67. The molecule has 1 aliphatic heterocycles. The first-order valence-electron chi connectivity index (χ1n) is 9.67. The van der Waals surface area contributed by atoms with Gasteiger partial charge in [-0.1, -0.05) is 36.4 Å². The van der Waals surface area contributed by atoms with Crippen LogP contribution in [0.3, 0.4) is 0 Å². The Labute approximate surface area is 166 Å². The summed E-state index contributed by atoms with van der Waals surface area (Å²) in [6.07, 6.45) is 1.02. The van der Waals surface area contributed by atoms with Crippen LogP contribution >= 0.6 is 0 Å². The average Bonchev–Trinajstić information content (AvgIpc) is 2.76. The summed E-state index contributed by atoms with van der Waals surface area (Å²) in [5.74, 6) is 1.21. The zero-order chi connectivity index (χ0) is 19.6. The van der Waals surface area contributed by atoms with Gasteiger partial charge >= 0.3 is 0 Å². The number of ether oxygens (including phenoxy) is 3. The molecule has 2 aromatic carbocycles. The number of rotatable bonds is 9. The molecule has 0 bridgehead atoms. The molecule has 0 radical (unpaired) electrons. The van der Waals surface area contributed by atoms with Crippen LogP contribution < -0.4 is 14.8 Å². The summed E-state index contributed by atoms with van der Waals surface area (Å²) >= 11 is 0. The number of carbonyl (C=O) groups excluding carboxylic acids is 1. The maximum absolute atomic E-state index is 12.0. The smallest absolute Gasteiger partial charge is 0.257 e. The fraction of sp³-hybridized carbons (Fsp3) is 0.409. The maximum Gasteiger partial charge on any atom is 0.257 e. The van der Waals surface area contributed by atoms with E-state index in [2.05, 4.69) is 22.3 Å². The first kappa shape index (κ1) is 20.2. The highest BCUT2D eigenvalue weighted by molar-refractivity contribution is 5.77. The SMILES string of the molecule is COc1cccc(OCC(=O)NCCCN2CCO[C@H](c3ccccc3)C2)c1. The molecular formula is C22H28N2O4. The summed E-state index contributed by atoms with van der Waals surface area (Å²) in [4.78, 5) is 14.3. The van der Waals surface area contributed by atoms with Gasteiger partial charge < -0.3 is 19.5 Å². The molecule has 1 aliphatic rings. The highest BCUT2D eigenvalue weighted by Gasteiger charge is 2.21. The van der Waals surface area contributed by atoms with Crippen molar-refractivity contribution in [2.45, 2.75) is 12.5 Å². The molecule has 1 fully saturated rings. The predicted molar refractivity (Wildman–Crippen MR) is 108 cm³/mol. The molecule has 0 aromatic heterocycles. The largest absolute Gasteiger partial charge is 0.497 e. The molecule has 0 saturated carbocycles. The second-order valence-electron chi connectivity index (χ2n) is 6.74. The van der Waals surface area contributed by atoms with Gasteiger partial charge in [-0.25, -0.2) is 0 Å². The fourth-order valence-corrected chi connectivity index (χ4v) is 3.20. The molecule has 150 valence electrons. The lowest BCUT2D eigenvalue weighted by molar-refractivity contribution is -0.123. The van der Waals surface area contributed by atoms with E-state index in [9.17, 15) is 4.79 Å². The Morgan fingerprint density at radius 2 is 2.00 bits per heavy atom. The van der Waals surface area contributed by atoms with Gasteiger partial charge in [-0.3, -0.25) is 9.69 Å².